The molecular weight excluding hydrogens is 370 g/mol. The lowest BCUT2D eigenvalue weighted by molar-refractivity contribution is -0.138. The van der Waals surface area contributed by atoms with Gasteiger partial charge in [-0.05, 0) is 29.8 Å². The Kier molecular flexibility index (Phi) is 6.68. The van der Waals surface area contributed by atoms with Gasteiger partial charge in [-0.3, -0.25) is 4.79 Å². The van der Waals surface area contributed by atoms with Crippen LogP contribution in [0.1, 0.15) is 5.56 Å². The van der Waals surface area contributed by atoms with Gasteiger partial charge in [-0.2, -0.15) is 16.5 Å². The Bertz CT molecular complexity index is 779. The van der Waals surface area contributed by atoms with Gasteiger partial charge >= 0.3 is 5.97 Å². The zero-order valence-electron chi connectivity index (χ0n) is 12.6. The van der Waals surface area contributed by atoms with E-state index in [1.807, 2.05) is 30.3 Å². The van der Waals surface area contributed by atoms with Gasteiger partial charge in [-0.25, -0.2) is 8.42 Å². The van der Waals surface area contributed by atoms with Crippen LogP contribution >= 0.6 is 23.4 Å². The number of carbonyl (C=O) groups is 1. The molecule has 0 spiro atoms. The van der Waals surface area contributed by atoms with Gasteiger partial charge in [-0.15, -0.1) is 0 Å². The molecule has 0 aliphatic heterocycles. The Morgan fingerprint density at radius 3 is 2.33 bits per heavy atom. The predicted molar refractivity (Wildman–Crippen MR) is 95.8 cm³/mol. The summed E-state index contributed by atoms with van der Waals surface area (Å²) in [7, 11) is -3.92. The highest BCUT2D eigenvalue weighted by atomic mass is 35.5. The second kappa shape index (κ2) is 8.53. The van der Waals surface area contributed by atoms with Crippen molar-refractivity contribution in [2.75, 3.05) is 5.75 Å². The molecule has 0 aromatic heterocycles. The molecule has 0 bridgehead atoms. The summed E-state index contributed by atoms with van der Waals surface area (Å²) >= 11 is 7.08. The first-order valence-electron chi connectivity index (χ1n) is 7.01. The highest BCUT2D eigenvalue weighted by Gasteiger charge is 2.25. The Labute approximate surface area is 150 Å². The number of nitrogens with one attached hydrogen (secondary N) is 1. The zero-order valence-corrected chi connectivity index (χ0v) is 14.9. The van der Waals surface area contributed by atoms with E-state index in [4.69, 9.17) is 11.6 Å². The van der Waals surface area contributed by atoms with Gasteiger partial charge in [0.25, 0.3) is 0 Å². The van der Waals surface area contributed by atoms with Crippen LogP contribution < -0.4 is 4.72 Å². The van der Waals surface area contributed by atoms with Gasteiger partial charge in [0.05, 0.1) is 4.90 Å². The van der Waals surface area contributed by atoms with Gasteiger partial charge in [0, 0.05) is 16.5 Å². The van der Waals surface area contributed by atoms with E-state index in [1.54, 1.807) is 0 Å². The largest absolute Gasteiger partial charge is 0.480 e. The van der Waals surface area contributed by atoms with E-state index in [-0.39, 0.29) is 10.6 Å². The topological polar surface area (TPSA) is 83.5 Å². The van der Waals surface area contributed by atoms with Crippen molar-refractivity contribution in [3.63, 3.8) is 0 Å². The molecule has 0 unspecified atom stereocenters. The van der Waals surface area contributed by atoms with Crippen LogP contribution in [-0.2, 0) is 20.6 Å². The number of rotatable bonds is 8. The van der Waals surface area contributed by atoms with Crippen molar-refractivity contribution < 1.29 is 18.3 Å². The first-order chi connectivity index (χ1) is 11.4. The molecule has 128 valence electrons. The van der Waals surface area contributed by atoms with Crippen molar-refractivity contribution >= 4 is 39.4 Å². The SMILES string of the molecule is O=C(O)[C@H](CSCc1ccccc1)NS(=O)(=O)c1ccc(Cl)cc1. The number of carboxylic acid groups (broad SMARTS) is 1. The summed E-state index contributed by atoms with van der Waals surface area (Å²) in [6.45, 7) is 0. The summed E-state index contributed by atoms with van der Waals surface area (Å²) in [5.41, 5.74) is 1.05. The fourth-order valence-corrected chi connectivity index (χ4v) is 4.32. The normalized spacial score (nSPS) is 12.7. The molecule has 1 atom stereocenters. The lowest BCUT2D eigenvalue weighted by atomic mass is 10.2. The van der Waals surface area contributed by atoms with Gasteiger partial charge in [0.1, 0.15) is 6.04 Å². The molecule has 8 heteroatoms. The molecule has 2 N–H and O–H groups in total. The summed E-state index contributed by atoms with van der Waals surface area (Å²) in [6.07, 6.45) is 0. The molecule has 2 aromatic rings. The van der Waals surface area contributed by atoms with E-state index >= 15 is 0 Å². The van der Waals surface area contributed by atoms with Crippen molar-refractivity contribution in [1.29, 1.82) is 0 Å². The van der Waals surface area contributed by atoms with Gasteiger partial charge in [0.2, 0.25) is 10.0 Å². The molecule has 0 saturated heterocycles. The molecule has 0 saturated carbocycles. The van der Waals surface area contributed by atoms with Crippen molar-refractivity contribution in [2.24, 2.45) is 0 Å². The quantitative estimate of drug-likeness (QED) is 0.729. The van der Waals surface area contributed by atoms with Crippen LogP contribution in [0.4, 0.5) is 0 Å². The molecule has 0 heterocycles. The lowest BCUT2D eigenvalue weighted by Crippen LogP contribution is -2.42. The second-order valence-electron chi connectivity index (χ2n) is 4.97. The molecule has 0 radical (unpaired) electrons. The zero-order chi connectivity index (χ0) is 17.6. The predicted octanol–water partition coefficient (Wildman–Crippen LogP) is 3.00. The third-order valence-corrected chi connectivity index (χ3v) is 5.96. The molecule has 0 fully saturated rings. The smallest absolute Gasteiger partial charge is 0.322 e. The van der Waals surface area contributed by atoms with Crippen LogP contribution in [0.25, 0.3) is 0 Å². The number of benzene rings is 2. The number of halogens is 1. The lowest BCUT2D eigenvalue weighted by Gasteiger charge is -2.14. The fourth-order valence-electron chi connectivity index (χ4n) is 1.89. The van der Waals surface area contributed by atoms with Crippen molar-refractivity contribution in [3.8, 4) is 0 Å². The van der Waals surface area contributed by atoms with Crippen LogP contribution in [0, 0.1) is 0 Å². The van der Waals surface area contributed by atoms with Crippen molar-refractivity contribution in [2.45, 2.75) is 16.7 Å². The number of aliphatic carboxylic acids is 1. The van der Waals surface area contributed by atoms with Crippen LogP contribution in [0.3, 0.4) is 0 Å². The summed E-state index contributed by atoms with van der Waals surface area (Å²) in [5, 5.41) is 9.67. The number of sulfonamides is 1. The van der Waals surface area contributed by atoms with Crippen molar-refractivity contribution in [1.82, 2.24) is 4.72 Å². The standard InChI is InChI=1S/C16H16ClNO4S2/c17-13-6-8-14(9-7-13)24(21,22)18-15(16(19)20)11-23-10-12-4-2-1-3-5-12/h1-9,15,18H,10-11H2,(H,19,20)/t15-/m0/s1. The van der Waals surface area contributed by atoms with Crippen molar-refractivity contribution in [3.05, 3.63) is 65.2 Å². The number of hydrogen-bond acceptors (Lipinski definition) is 4. The van der Waals surface area contributed by atoms with E-state index in [1.165, 1.54) is 36.0 Å². The molecule has 0 aliphatic rings. The van der Waals surface area contributed by atoms with Crippen LogP contribution in [0.2, 0.25) is 5.02 Å². The van der Waals surface area contributed by atoms with E-state index in [0.29, 0.717) is 10.8 Å². The first kappa shape index (κ1) is 18.8. The van der Waals surface area contributed by atoms with Crippen LogP contribution in [0.15, 0.2) is 59.5 Å². The Balaban J connectivity index is 2.00. The maximum atomic E-state index is 12.3. The van der Waals surface area contributed by atoms with E-state index in [2.05, 4.69) is 4.72 Å². The van der Waals surface area contributed by atoms with Crippen LogP contribution in [0.5, 0.6) is 0 Å². The highest BCUT2D eigenvalue weighted by Crippen LogP contribution is 2.17. The van der Waals surface area contributed by atoms with Gasteiger partial charge < -0.3 is 5.11 Å². The Morgan fingerprint density at radius 2 is 1.75 bits per heavy atom. The molecule has 2 rings (SSSR count). The molecular formula is C16H16ClNO4S2. The maximum Gasteiger partial charge on any atom is 0.322 e. The van der Waals surface area contributed by atoms with Crippen LogP contribution in [-0.4, -0.2) is 31.3 Å². The fraction of sp³-hybridized carbons (Fsp3) is 0.188. The molecule has 24 heavy (non-hydrogen) atoms. The summed E-state index contributed by atoms with van der Waals surface area (Å²) in [5.74, 6) is -0.488. The molecule has 0 aliphatic carbocycles. The summed E-state index contributed by atoms with van der Waals surface area (Å²) in [4.78, 5) is 11.3. The van der Waals surface area contributed by atoms with E-state index < -0.39 is 22.0 Å². The molecule has 0 amide bonds. The minimum Gasteiger partial charge on any atom is -0.480 e. The summed E-state index contributed by atoms with van der Waals surface area (Å²) in [6, 6.07) is 13.9. The Hall–Kier alpha value is -1.54. The van der Waals surface area contributed by atoms with Gasteiger partial charge in [0.15, 0.2) is 0 Å². The highest BCUT2D eigenvalue weighted by molar-refractivity contribution is 7.98. The van der Waals surface area contributed by atoms with Gasteiger partial charge in [-0.1, -0.05) is 41.9 Å². The average molecular weight is 386 g/mol. The minimum atomic E-state index is -3.92. The second-order valence-corrected chi connectivity index (χ2v) is 8.15. The monoisotopic (exact) mass is 385 g/mol. The molecule has 2 aromatic carbocycles. The Morgan fingerprint density at radius 1 is 1.12 bits per heavy atom. The van der Waals surface area contributed by atoms with E-state index in [0.717, 1.165) is 5.56 Å². The maximum absolute atomic E-state index is 12.3. The number of thioether (sulfide) groups is 1. The summed E-state index contributed by atoms with van der Waals surface area (Å²) < 4.78 is 26.8. The first-order valence-corrected chi connectivity index (χ1v) is 10.0. The number of hydrogen-bond donors (Lipinski definition) is 2. The third-order valence-electron chi connectivity index (χ3n) is 3.12. The number of carboxylic acids is 1. The molecule has 5 nitrogen and oxygen atoms in total. The minimum absolute atomic E-state index is 0.0220. The van der Waals surface area contributed by atoms with E-state index in [9.17, 15) is 18.3 Å². The average Bonchev–Trinajstić information content (AvgIpc) is 2.55. The third kappa shape index (κ3) is 5.52.